The predicted molar refractivity (Wildman–Crippen MR) is 134 cm³/mol. The predicted octanol–water partition coefficient (Wildman–Crippen LogP) is 5.42. The molecule has 178 valence electrons. The minimum atomic E-state index is -0.904. The van der Waals surface area contributed by atoms with E-state index in [0.29, 0.717) is 16.8 Å². The van der Waals surface area contributed by atoms with Gasteiger partial charge in [-0.1, -0.05) is 49.4 Å². The number of carbonyl (C=O) groups excluding carboxylic acids is 3. The number of Topliss-reactive ketones (excluding diaryl/α,β-unsaturated/α-hetero) is 1. The van der Waals surface area contributed by atoms with Crippen LogP contribution >= 0.6 is 0 Å². The molecule has 1 atom stereocenters. The van der Waals surface area contributed by atoms with Gasteiger partial charge >= 0.3 is 5.97 Å². The SMILES string of the molecule is CCc1ccc(/C(O)=C2\C(=O)C(=O)N(c3ccc(C)c(C)c3)C2c2cccc(OC(C)=O)c2)cc1. The van der Waals surface area contributed by atoms with E-state index >= 15 is 0 Å². The Morgan fingerprint density at radius 1 is 0.971 bits per heavy atom. The molecule has 1 heterocycles. The van der Waals surface area contributed by atoms with Gasteiger partial charge in [0.05, 0.1) is 11.6 Å². The molecule has 0 saturated carbocycles. The van der Waals surface area contributed by atoms with Crippen LogP contribution in [0.25, 0.3) is 5.76 Å². The van der Waals surface area contributed by atoms with E-state index in [1.165, 1.54) is 11.8 Å². The minimum absolute atomic E-state index is 0.0162. The quantitative estimate of drug-likeness (QED) is 0.177. The Kier molecular flexibility index (Phi) is 6.56. The van der Waals surface area contributed by atoms with Crippen LogP contribution in [0.5, 0.6) is 5.75 Å². The number of hydrogen-bond donors (Lipinski definition) is 1. The molecule has 1 aliphatic heterocycles. The molecule has 1 amide bonds. The summed E-state index contributed by atoms with van der Waals surface area (Å²) < 4.78 is 5.24. The van der Waals surface area contributed by atoms with Gasteiger partial charge in [0.15, 0.2) is 0 Å². The normalized spacial score (nSPS) is 17.0. The maximum absolute atomic E-state index is 13.3. The maximum Gasteiger partial charge on any atom is 0.308 e. The molecule has 0 radical (unpaired) electrons. The third-order valence-corrected chi connectivity index (χ3v) is 6.28. The lowest BCUT2D eigenvalue weighted by Crippen LogP contribution is -2.29. The number of ketones is 1. The van der Waals surface area contributed by atoms with Gasteiger partial charge < -0.3 is 9.84 Å². The average molecular weight is 470 g/mol. The standard InChI is InChI=1S/C29H27NO5/c1-5-20-10-12-21(13-11-20)27(32)25-26(22-7-6-8-24(16-22)35-19(4)31)30(29(34)28(25)33)23-14-9-17(2)18(3)15-23/h6-16,26,32H,5H2,1-4H3/b27-25+. The lowest BCUT2D eigenvalue weighted by Gasteiger charge is -2.26. The largest absolute Gasteiger partial charge is 0.507 e. The maximum atomic E-state index is 13.3. The van der Waals surface area contributed by atoms with Crippen LogP contribution in [0, 0.1) is 13.8 Å². The molecule has 1 saturated heterocycles. The van der Waals surface area contributed by atoms with Crippen molar-refractivity contribution in [3.63, 3.8) is 0 Å². The van der Waals surface area contributed by atoms with Gasteiger partial charge in [0.1, 0.15) is 11.5 Å². The zero-order valence-electron chi connectivity index (χ0n) is 20.2. The summed E-state index contributed by atoms with van der Waals surface area (Å²) in [7, 11) is 0. The minimum Gasteiger partial charge on any atom is -0.507 e. The molecule has 1 aliphatic rings. The Balaban J connectivity index is 1.93. The molecule has 1 N–H and O–H groups in total. The number of anilines is 1. The summed E-state index contributed by atoms with van der Waals surface area (Å²) in [5, 5.41) is 11.3. The van der Waals surface area contributed by atoms with Crippen LogP contribution in [0.15, 0.2) is 72.3 Å². The van der Waals surface area contributed by atoms with Crippen molar-refractivity contribution in [1.29, 1.82) is 0 Å². The van der Waals surface area contributed by atoms with E-state index < -0.39 is 23.7 Å². The first kappa shape index (κ1) is 24.0. The Bertz CT molecular complexity index is 1350. The second-order valence-electron chi connectivity index (χ2n) is 8.65. The van der Waals surface area contributed by atoms with Crippen molar-refractivity contribution in [3.8, 4) is 5.75 Å². The van der Waals surface area contributed by atoms with E-state index in [4.69, 9.17) is 4.74 Å². The van der Waals surface area contributed by atoms with Crippen LogP contribution in [0.3, 0.4) is 0 Å². The molecule has 1 unspecified atom stereocenters. The molecule has 0 bridgehead atoms. The Morgan fingerprint density at radius 2 is 1.69 bits per heavy atom. The number of amides is 1. The van der Waals surface area contributed by atoms with Gasteiger partial charge in [-0.05, 0) is 66.8 Å². The fraction of sp³-hybridized carbons (Fsp3) is 0.207. The fourth-order valence-electron chi connectivity index (χ4n) is 4.26. The molecule has 6 heteroatoms. The monoisotopic (exact) mass is 469 g/mol. The second kappa shape index (κ2) is 9.58. The fourth-order valence-corrected chi connectivity index (χ4v) is 4.26. The van der Waals surface area contributed by atoms with Crippen LogP contribution < -0.4 is 9.64 Å². The number of rotatable bonds is 5. The molecular weight excluding hydrogens is 442 g/mol. The number of aliphatic hydroxyl groups is 1. The Morgan fingerprint density at radius 3 is 2.31 bits per heavy atom. The molecular formula is C29H27NO5. The van der Waals surface area contributed by atoms with Gasteiger partial charge in [0, 0.05) is 18.2 Å². The first-order valence-corrected chi connectivity index (χ1v) is 11.5. The summed E-state index contributed by atoms with van der Waals surface area (Å²) in [5.41, 5.74) is 4.61. The summed E-state index contributed by atoms with van der Waals surface area (Å²) in [4.78, 5) is 39.6. The van der Waals surface area contributed by atoms with E-state index in [2.05, 4.69) is 0 Å². The number of hydrogen-bond acceptors (Lipinski definition) is 5. The van der Waals surface area contributed by atoms with Gasteiger partial charge in [-0.25, -0.2) is 0 Å². The van der Waals surface area contributed by atoms with Crippen molar-refractivity contribution in [3.05, 3.63) is 100 Å². The number of esters is 1. The molecule has 3 aromatic rings. The van der Waals surface area contributed by atoms with Gasteiger partial charge in [0.2, 0.25) is 0 Å². The van der Waals surface area contributed by atoms with Gasteiger partial charge in [0.25, 0.3) is 11.7 Å². The highest BCUT2D eigenvalue weighted by Gasteiger charge is 2.47. The topological polar surface area (TPSA) is 83.9 Å². The second-order valence-corrected chi connectivity index (χ2v) is 8.65. The van der Waals surface area contributed by atoms with Crippen LogP contribution in [0.4, 0.5) is 5.69 Å². The van der Waals surface area contributed by atoms with Crippen molar-refractivity contribution in [1.82, 2.24) is 0 Å². The van der Waals surface area contributed by atoms with Crippen molar-refractivity contribution in [2.45, 2.75) is 40.2 Å². The summed E-state index contributed by atoms with van der Waals surface area (Å²) >= 11 is 0. The highest BCUT2D eigenvalue weighted by Crippen LogP contribution is 2.43. The summed E-state index contributed by atoms with van der Waals surface area (Å²) in [6, 6.07) is 18.5. The summed E-state index contributed by atoms with van der Waals surface area (Å²) in [5.74, 6) is -1.96. The summed E-state index contributed by atoms with van der Waals surface area (Å²) in [6.07, 6.45) is 0.834. The van der Waals surface area contributed by atoms with Crippen molar-refractivity contribution < 1.29 is 24.2 Å². The molecule has 6 nitrogen and oxygen atoms in total. The molecule has 0 spiro atoms. The first-order valence-electron chi connectivity index (χ1n) is 11.5. The molecule has 35 heavy (non-hydrogen) atoms. The number of carbonyl (C=O) groups is 3. The molecule has 0 aliphatic carbocycles. The van der Waals surface area contributed by atoms with Crippen molar-refractivity contribution in [2.75, 3.05) is 4.90 Å². The zero-order chi connectivity index (χ0) is 25.3. The smallest absolute Gasteiger partial charge is 0.308 e. The third-order valence-electron chi connectivity index (χ3n) is 6.28. The first-order chi connectivity index (χ1) is 16.7. The lowest BCUT2D eigenvalue weighted by atomic mass is 9.94. The molecule has 4 rings (SSSR count). The zero-order valence-corrected chi connectivity index (χ0v) is 20.2. The summed E-state index contributed by atoms with van der Waals surface area (Å²) in [6.45, 7) is 7.22. The molecule has 0 aromatic heterocycles. The van der Waals surface area contributed by atoms with Crippen molar-refractivity contribution >= 4 is 29.1 Å². The van der Waals surface area contributed by atoms with Gasteiger partial charge in [-0.3, -0.25) is 19.3 Å². The van der Waals surface area contributed by atoms with E-state index in [0.717, 1.165) is 23.1 Å². The molecule has 1 fully saturated rings. The van der Waals surface area contributed by atoms with Crippen LogP contribution in [-0.2, 0) is 20.8 Å². The Labute approximate surface area is 204 Å². The van der Waals surface area contributed by atoms with Crippen LogP contribution in [-0.4, -0.2) is 22.8 Å². The van der Waals surface area contributed by atoms with E-state index in [1.54, 1.807) is 42.5 Å². The Hall–Kier alpha value is -4.19. The lowest BCUT2D eigenvalue weighted by molar-refractivity contribution is -0.132. The third kappa shape index (κ3) is 4.60. The van der Waals surface area contributed by atoms with Gasteiger partial charge in [-0.2, -0.15) is 0 Å². The number of nitrogens with zero attached hydrogens (tertiary/aromatic N) is 1. The van der Waals surface area contributed by atoms with E-state index in [1.807, 2.05) is 45.0 Å². The number of ether oxygens (including phenoxy) is 1. The highest BCUT2D eigenvalue weighted by molar-refractivity contribution is 6.51. The highest BCUT2D eigenvalue weighted by atomic mass is 16.5. The number of aliphatic hydroxyl groups excluding tert-OH is 1. The van der Waals surface area contributed by atoms with E-state index in [9.17, 15) is 19.5 Å². The number of aryl methyl sites for hydroxylation is 3. The van der Waals surface area contributed by atoms with Crippen molar-refractivity contribution in [2.24, 2.45) is 0 Å². The average Bonchev–Trinajstić information content (AvgIpc) is 3.10. The number of benzene rings is 3. The van der Waals surface area contributed by atoms with Crippen LogP contribution in [0.2, 0.25) is 0 Å². The van der Waals surface area contributed by atoms with Gasteiger partial charge in [-0.15, -0.1) is 0 Å². The van der Waals surface area contributed by atoms with Crippen LogP contribution in [0.1, 0.15) is 47.7 Å². The molecule has 3 aromatic carbocycles. The van der Waals surface area contributed by atoms with E-state index in [-0.39, 0.29) is 17.1 Å².